The van der Waals surface area contributed by atoms with Gasteiger partial charge in [-0.3, -0.25) is 0 Å². The lowest BCUT2D eigenvalue weighted by Gasteiger charge is -1.91. The zero-order valence-electron chi connectivity index (χ0n) is 14.2. The molecule has 0 atom stereocenters. The maximum absolute atomic E-state index is 6.22. The van der Waals surface area contributed by atoms with Gasteiger partial charge in [-0.05, 0) is 36.4 Å². The Kier molecular flexibility index (Phi) is 2.25. The van der Waals surface area contributed by atoms with Crippen LogP contribution < -0.4 is 0 Å². The van der Waals surface area contributed by atoms with E-state index in [4.69, 9.17) is 13.3 Å². The van der Waals surface area contributed by atoms with E-state index >= 15 is 0 Å². The minimum absolute atomic E-state index is 0.862. The van der Waals surface area contributed by atoms with Crippen molar-refractivity contribution in [2.24, 2.45) is 0 Å². The van der Waals surface area contributed by atoms with Crippen molar-refractivity contribution in [1.29, 1.82) is 0 Å². The average Bonchev–Trinajstić information content (AvgIpc) is 3.35. The second kappa shape index (κ2) is 4.51. The first-order valence-electron chi connectivity index (χ1n) is 8.94. The number of hydrogen-bond donors (Lipinski definition) is 0. The Balaban J connectivity index is 1.64. The van der Waals surface area contributed by atoms with Crippen molar-refractivity contribution >= 4 is 65.8 Å². The van der Waals surface area contributed by atoms with E-state index in [0.717, 1.165) is 65.8 Å². The van der Waals surface area contributed by atoms with Crippen LogP contribution in [0.15, 0.2) is 86.0 Å². The number of hydrogen-bond acceptors (Lipinski definition) is 3. The second-order valence-electron chi connectivity index (χ2n) is 6.99. The fourth-order valence-electron chi connectivity index (χ4n) is 4.21. The van der Waals surface area contributed by atoms with E-state index in [1.54, 1.807) is 0 Å². The summed E-state index contributed by atoms with van der Waals surface area (Å²) in [5, 5.41) is 6.44. The molecule has 3 aromatic heterocycles. The molecule has 0 saturated carbocycles. The SMILES string of the molecule is c1ccc2c(c1)oc1cc3c(cc12)oc1cc2c(cc13)oc1ccccc12. The lowest BCUT2D eigenvalue weighted by atomic mass is 10.1. The Hall–Kier alpha value is -3.72. The standard InChI is InChI=1S/C24H12O3/c1-3-7-19-13(5-1)15-9-23-17(11-21(15)25-19)18-12-22-16(10-24(18)27-23)14-6-2-4-8-20(14)26-22/h1-12H. The van der Waals surface area contributed by atoms with Gasteiger partial charge in [0, 0.05) is 32.3 Å². The lowest BCUT2D eigenvalue weighted by Crippen LogP contribution is -1.69. The number of furan rings is 3. The van der Waals surface area contributed by atoms with E-state index in [-0.39, 0.29) is 0 Å². The third-order valence-electron chi connectivity index (χ3n) is 5.47. The van der Waals surface area contributed by atoms with E-state index in [2.05, 4.69) is 36.4 Å². The van der Waals surface area contributed by atoms with Crippen molar-refractivity contribution in [3.63, 3.8) is 0 Å². The number of fused-ring (bicyclic) bond motifs is 9. The van der Waals surface area contributed by atoms with Crippen LogP contribution in [-0.4, -0.2) is 0 Å². The Bertz CT molecular complexity index is 1550. The van der Waals surface area contributed by atoms with Crippen LogP contribution in [0.5, 0.6) is 0 Å². The van der Waals surface area contributed by atoms with E-state index in [0.29, 0.717) is 0 Å². The molecule has 0 aliphatic heterocycles. The molecule has 0 aliphatic rings. The highest BCUT2D eigenvalue weighted by atomic mass is 16.3. The van der Waals surface area contributed by atoms with Crippen LogP contribution in [0.2, 0.25) is 0 Å². The third kappa shape index (κ3) is 1.66. The van der Waals surface area contributed by atoms with Gasteiger partial charge in [0.2, 0.25) is 0 Å². The highest BCUT2D eigenvalue weighted by molar-refractivity contribution is 6.18. The van der Waals surface area contributed by atoms with Crippen molar-refractivity contribution in [2.75, 3.05) is 0 Å². The van der Waals surface area contributed by atoms with Gasteiger partial charge in [-0.15, -0.1) is 0 Å². The monoisotopic (exact) mass is 348 g/mol. The van der Waals surface area contributed by atoms with Gasteiger partial charge < -0.3 is 13.3 Å². The molecular weight excluding hydrogens is 336 g/mol. The van der Waals surface area contributed by atoms with Crippen LogP contribution >= 0.6 is 0 Å². The molecule has 0 bridgehead atoms. The van der Waals surface area contributed by atoms with Crippen molar-refractivity contribution in [2.45, 2.75) is 0 Å². The molecule has 0 saturated heterocycles. The van der Waals surface area contributed by atoms with Gasteiger partial charge >= 0.3 is 0 Å². The molecule has 3 heteroatoms. The summed E-state index contributed by atoms with van der Waals surface area (Å²) in [7, 11) is 0. The summed E-state index contributed by atoms with van der Waals surface area (Å²) in [6.07, 6.45) is 0. The second-order valence-corrected chi connectivity index (χ2v) is 6.99. The molecule has 7 aromatic rings. The Labute approximate surface area is 152 Å². The summed E-state index contributed by atoms with van der Waals surface area (Å²) in [6.45, 7) is 0. The van der Waals surface area contributed by atoms with Crippen molar-refractivity contribution in [1.82, 2.24) is 0 Å². The molecular formula is C24H12O3. The molecule has 3 nitrogen and oxygen atoms in total. The summed E-state index contributed by atoms with van der Waals surface area (Å²) < 4.78 is 18.3. The van der Waals surface area contributed by atoms with Gasteiger partial charge in [0.15, 0.2) is 0 Å². The molecule has 3 heterocycles. The van der Waals surface area contributed by atoms with E-state index in [9.17, 15) is 0 Å². The fraction of sp³-hybridized carbons (Fsp3) is 0. The van der Waals surface area contributed by atoms with Crippen LogP contribution in [0.3, 0.4) is 0 Å². The first kappa shape index (κ1) is 13.5. The van der Waals surface area contributed by atoms with Gasteiger partial charge in [-0.2, -0.15) is 0 Å². The van der Waals surface area contributed by atoms with Crippen LogP contribution in [0.1, 0.15) is 0 Å². The van der Waals surface area contributed by atoms with Crippen molar-refractivity contribution in [3.05, 3.63) is 72.8 Å². The van der Waals surface area contributed by atoms with E-state index in [1.165, 1.54) is 0 Å². The van der Waals surface area contributed by atoms with Crippen LogP contribution in [-0.2, 0) is 0 Å². The normalized spacial score (nSPS) is 12.4. The Morgan fingerprint density at radius 1 is 0.333 bits per heavy atom. The fourth-order valence-corrected chi connectivity index (χ4v) is 4.21. The summed E-state index contributed by atoms with van der Waals surface area (Å²) in [5.74, 6) is 0. The molecule has 0 radical (unpaired) electrons. The predicted octanol–water partition coefficient (Wildman–Crippen LogP) is 7.38. The lowest BCUT2D eigenvalue weighted by molar-refractivity contribution is 0.662. The first-order valence-corrected chi connectivity index (χ1v) is 8.94. The maximum atomic E-state index is 6.22. The molecule has 0 amide bonds. The highest BCUT2D eigenvalue weighted by Crippen LogP contribution is 2.39. The van der Waals surface area contributed by atoms with E-state index in [1.807, 2.05) is 36.4 Å². The molecule has 0 aliphatic carbocycles. The minimum Gasteiger partial charge on any atom is -0.456 e. The third-order valence-corrected chi connectivity index (χ3v) is 5.47. The maximum Gasteiger partial charge on any atom is 0.136 e. The number of para-hydroxylation sites is 2. The topological polar surface area (TPSA) is 39.4 Å². The molecule has 126 valence electrons. The quantitative estimate of drug-likeness (QED) is 0.287. The minimum atomic E-state index is 0.862. The first-order chi connectivity index (χ1) is 13.3. The summed E-state index contributed by atoms with van der Waals surface area (Å²) in [4.78, 5) is 0. The van der Waals surface area contributed by atoms with Crippen LogP contribution in [0, 0.1) is 0 Å². The van der Waals surface area contributed by atoms with Crippen LogP contribution in [0.25, 0.3) is 65.8 Å². The predicted molar refractivity (Wildman–Crippen MR) is 108 cm³/mol. The summed E-state index contributed by atoms with van der Waals surface area (Å²) in [6, 6.07) is 24.5. The largest absolute Gasteiger partial charge is 0.456 e. The van der Waals surface area contributed by atoms with Crippen LogP contribution in [0.4, 0.5) is 0 Å². The summed E-state index contributed by atoms with van der Waals surface area (Å²) in [5.41, 5.74) is 5.25. The number of rotatable bonds is 0. The van der Waals surface area contributed by atoms with Gasteiger partial charge in [0.05, 0.1) is 0 Å². The molecule has 0 fully saturated rings. The van der Waals surface area contributed by atoms with Gasteiger partial charge in [-0.1, -0.05) is 36.4 Å². The molecule has 4 aromatic carbocycles. The smallest absolute Gasteiger partial charge is 0.136 e. The van der Waals surface area contributed by atoms with Gasteiger partial charge in [-0.25, -0.2) is 0 Å². The van der Waals surface area contributed by atoms with Gasteiger partial charge in [0.1, 0.15) is 33.5 Å². The average molecular weight is 348 g/mol. The van der Waals surface area contributed by atoms with Crippen molar-refractivity contribution in [3.8, 4) is 0 Å². The number of benzene rings is 4. The zero-order chi connectivity index (χ0) is 17.5. The van der Waals surface area contributed by atoms with Gasteiger partial charge in [0.25, 0.3) is 0 Å². The molecule has 0 unspecified atom stereocenters. The molecule has 0 spiro atoms. The Morgan fingerprint density at radius 2 is 0.667 bits per heavy atom. The van der Waals surface area contributed by atoms with Crippen molar-refractivity contribution < 1.29 is 13.3 Å². The summed E-state index contributed by atoms with van der Waals surface area (Å²) >= 11 is 0. The zero-order valence-corrected chi connectivity index (χ0v) is 14.2. The van der Waals surface area contributed by atoms with E-state index < -0.39 is 0 Å². The molecule has 7 rings (SSSR count). The molecule has 27 heavy (non-hydrogen) atoms. The molecule has 0 N–H and O–H groups in total. The highest BCUT2D eigenvalue weighted by Gasteiger charge is 2.15. The Morgan fingerprint density at radius 3 is 1.11 bits per heavy atom.